The van der Waals surface area contributed by atoms with Crippen LogP contribution >= 0.6 is 0 Å². The lowest BCUT2D eigenvalue weighted by Crippen LogP contribution is -2.37. The van der Waals surface area contributed by atoms with Crippen LogP contribution in [0.5, 0.6) is 0 Å². The third kappa shape index (κ3) is 1.39. The monoisotopic (exact) mass is 190 g/mol. The molecule has 0 aliphatic carbocycles. The minimum Gasteiger partial charge on any atom is -0.346 e. The fourth-order valence-corrected chi connectivity index (χ4v) is 1.65. The van der Waals surface area contributed by atoms with Crippen LogP contribution in [0.4, 0.5) is 0 Å². The number of nitrogens with zero attached hydrogens (tertiary/aromatic N) is 1. The van der Waals surface area contributed by atoms with Gasteiger partial charge in [-0.25, -0.2) is 0 Å². The summed E-state index contributed by atoms with van der Waals surface area (Å²) in [5.74, 6) is -0.154. The Balaban J connectivity index is 2.58. The summed E-state index contributed by atoms with van der Waals surface area (Å²) < 4.78 is 0. The Labute approximate surface area is 82.6 Å². The molecule has 14 heavy (non-hydrogen) atoms. The predicted molar refractivity (Wildman–Crippen MR) is 54.0 cm³/mol. The number of H-pyrrole nitrogens is 1. The Morgan fingerprint density at radius 2 is 2.14 bits per heavy atom. The van der Waals surface area contributed by atoms with Crippen LogP contribution in [0, 0.1) is 11.3 Å². The molecule has 0 spiro atoms. The minimum atomic E-state index is -0.106. The average molecular weight is 190 g/mol. The third-order valence-corrected chi connectivity index (χ3v) is 2.52. The van der Waals surface area contributed by atoms with Crippen LogP contribution in [0.1, 0.15) is 20.8 Å². The molecule has 3 heteroatoms. The maximum absolute atomic E-state index is 11.7. The highest BCUT2D eigenvalue weighted by molar-refractivity contribution is 5.86. The van der Waals surface area contributed by atoms with Gasteiger partial charge in [-0.1, -0.05) is 26.8 Å². The molecular formula is C11H14N2O. The van der Waals surface area contributed by atoms with Gasteiger partial charge in [0.25, 0.3) is 5.91 Å². The van der Waals surface area contributed by atoms with Crippen molar-refractivity contribution in [2.75, 3.05) is 0 Å². The third-order valence-electron chi connectivity index (χ3n) is 2.52. The summed E-state index contributed by atoms with van der Waals surface area (Å²) in [4.78, 5) is 18.7. The second kappa shape index (κ2) is 2.80. The molecule has 0 saturated carbocycles. The van der Waals surface area contributed by atoms with E-state index < -0.39 is 0 Å². The highest BCUT2D eigenvalue weighted by Gasteiger charge is 2.30. The largest absolute Gasteiger partial charge is 0.346 e. The van der Waals surface area contributed by atoms with Gasteiger partial charge in [0.1, 0.15) is 5.49 Å². The normalized spacial score (nSPS) is 21.1. The molecule has 1 amide bonds. The zero-order chi connectivity index (χ0) is 10.3. The highest BCUT2D eigenvalue weighted by atomic mass is 16.1. The molecule has 1 unspecified atom stereocenters. The van der Waals surface area contributed by atoms with Crippen molar-refractivity contribution in [3.05, 3.63) is 23.0 Å². The van der Waals surface area contributed by atoms with Crippen molar-refractivity contribution in [3.63, 3.8) is 0 Å². The molecule has 2 rings (SSSR count). The molecule has 1 aliphatic rings. The Bertz CT molecular complexity index is 476. The number of carbonyl (C=O) groups is 1. The van der Waals surface area contributed by atoms with Gasteiger partial charge >= 0.3 is 0 Å². The summed E-state index contributed by atoms with van der Waals surface area (Å²) >= 11 is 0. The second-order valence-corrected chi connectivity index (χ2v) is 4.74. The van der Waals surface area contributed by atoms with Crippen LogP contribution in [0.2, 0.25) is 0 Å². The van der Waals surface area contributed by atoms with Gasteiger partial charge in [0, 0.05) is 11.4 Å². The zero-order valence-corrected chi connectivity index (χ0v) is 8.66. The highest BCUT2D eigenvalue weighted by Crippen LogP contribution is 2.28. The Hall–Kier alpha value is -1.38. The Kier molecular flexibility index (Phi) is 1.84. The van der Waals surface area contributed by atoms with Crippen LogP contribution in [0.25, 0.3) is 6.08 Å². The quantitative estimate of drug-likeness (QED) is 0.640. The minimum absolute atomic E-state index is 0.0487. The Morgan fingerprint density at radius 3 is 2.79 bits per heavy atom. The number of hydrogen-bond acceptors (Lipinski definition) is 1. The van der Waals surface area contributed by atoms with Gasteiger partial charge in [-0.2, -0.15) is 4.99 Å². The van der Waals surface area contributed by atoms with Crippen LogP contribution < -0.4 is 10.7 Å². The first-order valence-electron chi connectivity index (χ1n) is 4.76. The maximum atomic E-state index is 11.7. The van der Waals surface area contributed by atoms with Gasteiger partial charge in [-0.15, -0.1) is 0 Å². The Morgan fingerprint density at radius 1 is 1.43 bits per heavy atom. The standard InChI is InChI=1S/C11H14N2O/c1-11(2,3)8-6-7-4-5-12-9(7)13-10(8)14/h4-6,8H,1-3H3,(H,12,13,14). The van der Waals surface area contributed by atoms with Gasteiger partial charge < -0.3 is 4.98 Å². The molecule has 74 valence electrons. The summed E-state index contributed by atoms with van der Waals surface area (Å²) in [5, 5.41) is 1.03. The molecule has 0 bridgehead atoms. The smallest absolute Gasteiger partial charge is 0.255 e. The van der Waals surface area contributed by atoms with Crippen molar-refractivity contribution < 1.29 is 4.79 Å². The molecule has 0 saturated heterocycles. The van der Waals surface area contributed by atoms with Crippen molar-refractivity contribution in [2.24, 2.45) is 16.3 Å². The number of aromatic amines is 1. The first-order chi connectivity index (χ1) is 6.48. The van der Waals surface area contributed by atoms with E-state index in [1.807, 2.05) is 18.3 Å². The average Bonchev–Trinajstić information content (AvgIpc) is 2.47. The van der Waals surface area contributed by atoms with E-state index in [9.17, 15) is 4.79 Å². The molecule has 0 aromatic carbocycles. The topological polar surface area (TPSA) is 45.2 Å². The molecule has 1 N–H and O–H groups in total. The lowest BCUT2D eigenvalue weighted by molar-refractivity contribution is -0.122. The lowest BCUT2D eigenvalue weighted by atomic mass is 9.79. The molecule has 1 aromatic heterocycles. The molecule has 0 radical (unpaired) electrons. The van der Waals surface area contributed by atoms with Gasteiger partial charge in [-0.3, -0.25) is 4.79 Å². The number of nitrogens with one attached hydrogen (secondary N) is 1. The fourth-order valence-electron chi connectivity index (χ4n) is 1.65. The van der Waals surface area contributed by atoms with E-state index in [4.69, 9.17) is 0 Å². The van der Waals surface area contributed by atoms with Crippen molar-refractivity contribution >= 4 is 12.0 Å². The van der Waals surface area contributed by atoms with E-state index in [1.54, 1.807) is 0 Å². The predicted octanol–water partition coefficient (Wildman–Crippen LogP) is 0.617. The van der Waals surface area contributed by atoms with Gasteiger partial charge in [0.05, 0.1) is 5.92 Å². The maximum Gasteiger partial charge on any atom is 0.255 e. The number of rotatable bonds is 0. The van der Waals surface area contributed by atoms with Crippen molar-refractivity contribution in [1.29, 1.82) is 0 Å². The molecule has 3 nitrogen and oxygen atoms in total. The SMILES string of the molecule is CC(C)(C)C1C=c2cc[nH]c2=NC1=O. The summed E-state index contributed by atoms with van der Waals surface area (Å²) in [5.41, 5.74) is 0.630. The second-order valence-electron chi connectivity index (χ2n) is 4.74. The van der Waals surface area contributed by atoms with Crippen LogP contribution in [0.15, 0.2) is 17.3 Å². The fraction of sp³-hybridized carbons (Fsp3) is 0.455. The molecule has 0 fully saturated rings. The van der Waals surface area contributed by atoms with E-state index in [1.165, 1.54) is 0 Å². The number of aromatic nitrogens is 1. The zero-order valence-electron chi connectivity index (χ0n) is 8.66. The van der Waals surface area contributed by atoms with E-state index in [-0.39, 0.29) is 17.2 Å². The number of carbonyl (C=O) groups excluding carboxylic acids is 1. The van der Waals surface area contributed by atoms with Crippen LogP contribution in [-0.4, -0.2) is 10.9 Å². The first kappa shape index (κ1) is 9.19. The summed E-state index contributed by atoms with van der Waals surface area (Å²) in [7, 11) is 0. The molecule has 2 heterocycles. The summed E-state index contributed by atoms with van der Waals surface area (Å²) in [6.07, 6.45) is 3.81. The van der Waals surface area contributed by atoms with Crippen LogP contribution in [0.3, 0.4) is 0 Å². The van der Waals surface area contributed by atoms with Crippen molar-refractivity contribution in [3.8, 4) is 0 Å². The van der Waals surface area contributed by atoms with Crippen molar-refractivity contribution in [2.45, 2.75) is 20.8 Å². The van der Waals surface area contributed by atoms with Crippen LogP contribution in [-0.2, 0) is 4.79 Å². The van der Waals surface area contributed by atoms with Gasteiger partial charge in [0.15, 0.2) is 0 Å². The molecule has 1 atom stereocenters. The van der Waals surface area contributed by atoms with Crippen molar-refractivity contribution in [1.82, 2.24) is 4.98 Å². The number of hydrogen-bond donors (Lipinski definition) is 1. The number of amides is 1. The summed E-state index contributed by atoms with van der Waals surface area (Å²) in [6.45, 7) is 6.16. The van der Waals surface area contributed by atoms with E-state index in [2.05, 4.69) is 30.7 Å². The van der Waals surface area contributed by atoms with E-state index >= 15 is 0 Å². The first-order valence-corrected chi connectivity index (χ1v) is 4.76. The molecule has 1 aliphatic heterocycles. The molecule has 1 aromatic rings. The van der Waals surface area contributed by atoms with Gasteiger partial charge in [0.2, 0.25) is 0 Å². The lowest BCUT2D eigenvalue weighted by Gasteiger charge is -2.25. The van der Waals surface area contributed by atoms with E-state index in [0.717, 1.165) is 5.22 Å². The molecular weight excluding hydrogens is 176 g/mol. The summed E-state index contributed by atoms with van der Waals surface area (Å²) in [6, 6.07) is 1.95. The number of fused-ring (bicyclic) bond motifs is 1. The van der Waals surface area contributed by atoms with E-state index in [0.29, 0.717) is 5.49 Å². The van der Waals surface area contributed by atoms with Gasteiger partial charge in [-0.05, 0) is 11.5 Å².